The van der Waals surface area contributed by atoms with Crippen molar-refractivity contribution < 1.29 is 5.11 Å². The molecule has 0 aliphatic heterocycles. The Bertz CT molecular complexity index is 302. The standard InChI is InChI=1S/C13H20O/c1-4-6-11-9-12(14)8-10(3)13(11)7-5-2/h8-9,14H,4-7H2,1-3H3. The zero-order valence-electron chi connectivity index (χ0n) is 9.43. The highest BCUT2D eigenvalue weighted by Crippen LogP contribution is 2.23. The van der Waals surface area contributed by atoms with Gasteiger partial charge in [-0.25, -0.2) is 0 Å². The number of phenolic OH excluding ortho intramolecular Hbond substituents is 1. The minimum atomic E-state index is 0.408. The monoisotopic (exact) mass is 192 g/mol. The van der Waals surface area contributed by atoms with E-state index in [0.717, 1.165) is 19.3 Å². The van der Waals surface area contributed by atoms with E-state index >= 15 is 0 Å². The summed E-state index contributed by atoms with van der Waals surface area (Å²) in [6, 6.07) is 3.78. The van der Waals surface area contributed by atoms with Gasteiger partial charge < -0.3 is 5.11 Å². The van der Waals surface area contributed by atoms with Crippen LogP contribution in [0.25, 0.3) is 0 Å². The van der Waals surface area contributed by atoms with Gasteiger partial charge in [-0.1, -0.05) is 26.7 Å². The molecule has 0 aliphatic rings. The molecule has 78 valence electrons. The van der Waals surface area contributed by atoms with Crippen LogP contribution in [0.2, 0.25) is 0 Å². The van der Waals surface area contributed by atoms with E-state index in [1.54, 1.807) is 0 Å². The minimum absolute atomic E-state index is 0.408. The Morgan fingerprint density at radius 3 is 2.29 bits per heavy atom. The lowest BCUT2D eigenvalue weighted by Crippen LogP contribution is -1.97. The van der Waals surface area contributed by atoms with Gasteiger partial charge in [0.1, 0.15) is 5.75 Å². The number of hydrogen-bond donors (Lipinski definition) is 1. The summed E-state index contributed by atoms with van der Waals surface area (Å²) in [5.41, 5.74) is 3.99. The highest BCUT2D eigenvalue weighted by Gasteiger charge is 2.06. The van der Waals surface area contributed by atoms with Crippen LogP contribution in [-0.4, -0.2) is 5.11 Å². The van der Waals surface area contributed by atoms with Crippen LogP contribution in [0.15, 0.2) is 12.1 Å². The SMILES string of the molecule is CCCc1cc(O)cc(C)c1CCC. The van der Waals surface area contributed by atoms with Gasteiger partial charge in [-0.2, -0.15) is 0 Å². The van der Waals surface area contributed by atoms with Gasteiger partial charge in [0.05, 0.1) is 0 Å². The zero-order valence-corrected chi connectivity index (χ0v) is 9.43. The molecule has 0 radical (unpaired) electrons. The summed E-state index contributed by atoms with van der Waals surface area (Å²) in [4.78, 5) is 0. The largest absolute Gasteiger partial charge is 0.508 e. The molecule has 1 aromatic rings. The second-order valence-corrected chi connectivity index (χ2v) is 3.90. The van der Waals surface area contributed by atoms with E-state index in [1.165, 1.54) is 23.1 Å². The number of phenols is 1. The molecular weight excluding hydrogens is 172 g/mol. The normalized spacial score (nSPS) is 10.5. The maximum atomic E-state index is 9.51. The van der Waals surface area contributed by atoms with Crippen LogP contribution >= 0.6 is 0 Å². The van der Waals surface area contributed by atoms with Gasteiger partial charge in [0.15, 0.2) is 0 Å². The van der Waals surface area contributed by atoms with E-state index in [4.69, 9.17) is 0 Å². The first-order chi connectivity index (χ1) is 6.69. The summed E-state index contributed by atoms with van der Waals surface area (Å²) in [6.45, 7) is 6.46. The molecule has 0 unspecified atom stereocenters. The molecule has 1 nitrogen and oxygen atoms in total. The van der Waals surface area contributed by atoms with Crippen molar-refractivity contribution in [1.29, 1.82) is 0 Å². The van der Waals surface area contributed by atoms with Crippen molar-refractivity contribution in [2.24, 2.45) is 0 Å². The van der Waals surface area contributed by atoms with Crippen LogP contribution in [0.3, 0.4) is 0 Å². The van der Waals surface area contributed by atoms with Crippen molar-refractivity contribution in [3.63, 3.8) is 0 Å². The maximum absolute atomic E-state index is 9.51. The molecule has 0 heterocycles. The van der Waals surface area contributed by atoms with Crippen LogP contribution in [-0.2, 0) is 12.8 Å². The van der Waals surface area contributed by atoms with Crippen molar-refractivity contribution >= 4 is 0 Å². The summed E-state index contributed by atoms with van der Waals surface area (Å²) in [6.07, 6.45) is 4.51. The van der Waals surface area contributed by atoms with E-state index in [-0.39, 0.29) is 0 Å². The van der Waals surface area contributed by atoms with E-state index in [1.807, 2.05) is 12.1 Å². The van der Waals surface area contributed by atoms with Gasteiger partial charge in [-0.05, 0) is 48.6 Å². The molecule has 0 aromatic heterocycles. The molecule has 0 fully saturated rings. The van der Waals surface area contributed by atoms with Gasteiger partial charge in [-0.15, -0.1) is 0 Å². The minimum Gasteiger partial charge on any atom is -0.508 e. The Kier molecular flexibility index (Phi) is 3.99. The lowest BCUT2D eigenvalue weighted by Gasteiger charge is -2.12. The maximum Gasteiger partial charge on any atom is 0.116 e. The van der Waals surface area contributed by atoms with Crippen LogP contribution < -0.4 is 0 Å². The highest BCUT2D eigenvalue weighted by atomic mass is 16.3. The molecule has 0 aliphatic carbocycles. The molecule has 0 saturated heterocycles. The second-order valence-electron chi connectivity index (χ2n) is 3.90. The van der Waals surface area contributed by atoms with Crippen molar-refractivity contribution in [3.05, 3.63) is 28.8 Å². The number of benzene rings is 1. The molecule has 14 heavy (non-hydrogen) atoms. The lowest BCUT2D eigenvalue weighted by molar-refractivity contribution is 0.473. The Morgan fingerprint density at radius 1 is 1.07 bits per heavy atom. The summed E-state index contributed by atoms with van der Waals surface area (Å²) in [7, 11) is 0. The lowest BCUT2D eigenvalue weighted by atomic mass is 9.95. The number of rotatable bonds is 4. The fraction of sp³-hybridized carbons (Fsp3) is 0.538. The Labute approximate surface area is 86.8 Å². The van der Waals surface area contributed by atoms with Gasteiger partial charge in [0.25, 0.3) is 0 Å². The smallest absolute Gasteiger partial charge is 0.116 e. The van der Waals surface area contributed by atoms with Crippen LogP contribution in [0.1, 0.15) is 43.4 Å². The second kappa shape index (κ2) is 5.04. The fourth-order valence-electron chi connectivity index (χ4n) is 1.97. The Balaban J connectivity index is 3.07. The molecule has 1 N–H and O–H groups in total. The summed E-state index contributed by atoms with van der Waals surface area (Å²) >= 11 is 0. The molecule has 1 heteroatoms. The quantitative estimate of drug-likeness (QED) is 0.772. The van der Waals surface area contributed by atoms with Gasteiger partial charge in [0.2, 0.25) is 0 Å². The molecule has 0 bridgehead atoms. The molecular formula is C13H20O. The third kappa shape index (κ3) is 2.50. The predicted molar refractivity (Wildman–Crippen MR) is 60.8 cm³/mol. The Morgan fingerprint density at radius 2 is 1.71 bits per heavy atom. The molecule has 0 atom stereocenters. The molecule has 1 aromatic carbocycles. The number of hydrogen-bond acceptors (Lipinski definition) is 1. The van der Waals surface area contributed by atoms with E-state index < -0.39 is 0 Å². The van der Waals surface area contributed by atoms with Crippen LogP contribution in [0.4, 0.5) is 0 Å². The van der Waals surface area contributed by atoms with E-state index in [9.17, 15) is 5.11 Å². The van der Waals surface area contributed by atoms with Gasteiger partial charge >= 0.3 is 0 Å². The zero-order chi connectivity index (χ0) is 10.6. The topological polar surface area (TPSA) is 20.2 Å². The number of aromatic hydroxyl groups is 1. The van der Waals surface area contributed by atoms with E-state index in [0.29, 0.717) is 5.75 Å². The molecule has 1 rings (SSSR count). The predicted octanol–water partition coefficient (Wildman–Crippen LogP) is 3.61. The third-order valence-electron chi connectivity index (χ3n) is 2.57. The first kappa shape index (κ1) is 11.1. The van der Waals surface area contributed by atoms with Crippen LogP contribution in [0.5, 0.6) is 5.75 Å². The van der Waals surface area contributed by atoms with Gasteiger partial charge in [-0.3, -0.25) is 0 Å². The summed E-state index contributed by atoms with van der Waals surface area (Å²) < 4.78 is 0. The summed E-state index contributed by atoms with van der Waals surface area (Å²) in [5.74, 6) is 0.408. The average Bonchev–Trinajstić information content (AvgIpc) is 2.11. The Hall–Kier alpha value is -0.980. The first-order valence-corrected chi connectivity index (χ1v) is 5.50. The third-order valence-corrected chi connectivity index (χ3v) is 2.57. The fourth-order valence-corrected chi connectivity index (χ4v) is 1.97. The van der Waals surface area contributed by atoms with Crippen LogP contribution in [0, 0.1) is 6.92 Å². The highest BCUT2D eigenvalue weighted by molar-refractivity contribution is 5.41. The summed E-state index contributed by atoms with van der Waals surface area (Å²) in [5, 5.41) is 9.51. The average molecular weight is 192 g/mol. The van der Waals surface area contributed by atoms with Crippen molar-refractivity contribution in [1.82, 2.24) is 0 Å². The molecule has 0 amide bonds. The van der Waals surface area contributed by atoms with Crippen molar-refractivity contribution in [2.45, 2.75) is 46.5 Å². The van der Waals surface area contributed by atoms with Crippen molar-refractivity contribution in [2.75, 3.05) is 0 Å². The van der Waals surface area contributed by atoms with Gasteiger partial charge in [0, 0.05) is 0 Å². The van der Waals surface area contributed by atoms with E-state index in [2.05, 4.69) is 20.8 Å². The number of aryl methyl sites for hydroxylation is 2. The van der Waals surface area contributed by atoms with Crippen molar-refractivity contribution in [3.8, 4) is 5.75 Å². The molecule has 0 spiro atoms. The molecule has 0 saturated carbocycles. The first-order valence-electron chi connectivity index (χ1n) is 5.50.